The fourth-order valence-corrected chi connectivity index (χ4v) is 2.56. The molecule has 0 aliphatic carbocycles. The van der Waals surface area contributed by atoms with E-state index in [0.29, 0.717) is 0 Å². The summed E-state index contributed by atoms with van der Waals surface area (Å²) in [6.07, 6.45) is 0.854. The molecule has 0 fully saturated rings. The number of rotatable bonds is 3. The first-order valence-electron chi connectivity index (χ1n) is 5.31. The zero-order valence-corrected chi connectivity index (χ0v) is 9.93. The number of hydrogen-bond acceptors (Lipinski definition) is 1. The van der Waals surface area contributed by atoms with Gasteiger partial charge in [0.2, 0.25) is 0 Å². The minimum atomic E-state index is -0.158. The molecule has 0 heterocycles. The van der Waals surface area contributed by atoms with E-state index < -0.39 is 0 Å². The van der Waals surface area contributed by atoms with Gasteiger partial charge in [0.05, 0.1) is 0 Å². The Bertz CT molecular complexity index is 465. The van der Waals surface area contributed by atoms with Gasteiger partial charge in [0.1, 0.15) is 5.82 Å². The van der Waals surface area contributed by atoms with Crippen molar-refractivity contribution in [2.24, 2.45) is 0 Å². The molecule has 0 aliphatic heterocycles. The van der Waals surface area contributed by atoms with Crippen LogP contribution in [0.5, 0.6) is 0 Å². The average Bonchev–Trinajstić information content (AvgIpc) is 2.33. The molecular formula is C14H13FS. The van der Waals surface area contributed by atoms with Crippen LogP contribution in [0, 0.1) is 5.82 Å². The van der Waals surface area contributed by atoms with Gasteiger partial charge < -0.3 is 0 Å². The monoisotopic (exact) mass is 232 g/mol. The fourth-order valence-electron chi connectivity index (χ4n) is 1.54. The lowest BCUT2D eigenvalue weighted by molar-refractivity contribution is 0.624. The lowest BCUT2D eigenvalue weighted by Crippen LogP contribution is -1.87. The molecule has 0 radical (unpaired) electrons. The van der Waals surface area contributed by atoms with Gasteiger partial charge in [0.15, 0.2) is 0 Å². The van der Waals surface area contributed by atoms with E-state index in [1.807, 2.05) is 31.2 Å². The highest BCUT2D eigenvalue weighted by molar-refractivity contribution is 7.99. The molecule has 0 spiro atoms. The van der Waals surface area contributed by atoms with Gasteiger partial charge in [0.25, 0.3) is 0 Å². The molecule has 0 nitrogen and oxygen atoms in total. The lowest BCUT2D eigenvalue weighted by Gasteiger charge is -2.07. The smallest absolute Gasteiger partial charge is 0.123 e. The van der Waals surface area contributed by atoms with E-state index in [1.165, 1.54) is 11.0 Å². The fraction of sp³-hybridized carbons (Fsp3) is 0.143. The summed E-state index contributed by atoms with van der Waals surface area (Å²) in [5.41, 5.74) is 1.06. The van der Waals surface area contributed by atoms with Gasteiger partial charge in [-0.2, -0.15) is 0 Å². The highest BCUT2D eigenvalue weighted by Crippen LogP contribution is 2.30. The zero-order valence-electron chi connectivity index (χ0n) is 9.11. The van der Waals surface area contributed by atoms with Crippen LogP contribution in [-0.4, -0.2) is 0 Å². The predicted molar refractivity (Wildman–Crippen MR) is 66.3 cm³/mol. The van der Waals surface area contributed by atoms with Crippen LogP contribution in [0.1, 0.15) is 12.5 Å². The first kappa shape index (κ1) is 11.2. The Labute approximate surface area is 99.5 Å². The molecule has 0 amide bonds. The molecule has 2 rings (SSSR count). The standard InChI is InChI=1S/C14H13FS/c1-2-11-10-12(15)8-9-14(11)16-13-6-4-3-5-7-13/h3-10H,2H2,1H3. The van der Waals surface area contributed by atoms with Crippen molar-refractivity contribution in [2.45, 2.75) is 23.1 Å². The first-order chi connectivity index (χ1) is 7.79. The van der Waals surface area contributed by atoms with Gasteiger partial charge in [-0.3, -0.25) is 0 Å². The van der Waals surface area contributed by atoms with Crippen molar-refractivity contribution in [1.29, 1.82) is 0 Å². The Balaban J connectivity index is 2.28. The average molecular weight is 232 g/mol. The molecule has 0 atom stereocenters. The van der Waals surface area contributed by atoms with Crippen molar-refractivity contribution < 1.29 is 4.39 Å². The third-order valence-electron chi connectivity index (χ3n) is 2.37. The quantitative estimate of drug-likeness (QED) is 0.748. The van der Waals surface area contributed by atoms with Gasteiger partial charge in [-0.1, -0.05) is 36.9 Å². The second-order valence-electron chi connectivity index (χ2n) is 3.52. The summed E-state index contributed by atoms with van der Waals surface area (Å²) >= 11 is 1.68. The lowest BCUT2D eigenvalue weighted by atomic mass is 10.2. The molecule has 0 N–H and O–H groups in total. The minimum Gasteiger partial charge on any atom is -0.207 e. The first-order valence-corrected chi connectivity index (χ1v) is 6.12. The van der Waals surface area contributed by atoms with Crippen LogP contribution in [0.15, 0.2) is 58.3 Å². The number of aryl methyl sites for hydroxylation is 1. The van der Waals surface area contributed by atoms with Crippen LogP contribution in [0.3, 0.4) is 0 Å². The highest BCUT2D eigenvalue weighted by atomic mass is 32.2. The van der Waals surface area contributed by atoms with Crippen molar-refractivity contribution in [3.8, 4) is 0 Å². The Morgan fingerprint density at radius 2 is 1.81 bits per heavy atom. The largest absolute Gasteiger partial charge is 0.207 e. The highest BCUT2D eigenvalue weighted by Gasteiger charge is 2.04. The number of hydrogen-bond donors (Lipinski definition) is 0. The van der Waals surface area contributed by atoms with Crippen molar-refractivity contribution >= 4 is 11.8 Å². The van der Waals surface area contributed by atoms with Crippen molar-refractivity contribution in [2.75, 3.05) is 0 Å². The van der Waals surface area contributed by atoms with Gasteiger partial charge in [-0.25, -0.2) is 4.39 Å². The Morgan fingerprint density at radius 3 is 2.50 bits per heavy atom. The van der Waals surface area contributed by atoms with E-state index in [-0.39, 0.29) is 5.82 Å². The molecule has 2 aromatic carbocycles. The van der Waals surface area contributed by atoms with E-state index in [1.54, 1.807) is 17.8 Å². The predicted octanol–water partition coefficient (Wildman–Crippen LogP) is 4.54. The second-order valence-corrected chi connectivity index (χ2v) is 4.64. The molecule has 0 aliphatic rings. The molecule has 82 valence electrons. The minimum absolute atomic E-state index is 0.158. The molecule has 0 saturated heterocycles. The summed E-state index contributed by atoms with van der Waals surface area (Å²) in [6, 6.07) is 15.1. The molecule has 2 aromatic rings. The maximum atomic E-state index is 13.1. The maximum Gasteiger partial charge on any atom is 0.123 e. The molecule has 16 heavy (non-hydrogen) atoms. The van der Waals surface area contributed by atoms with Gasteiger partial charge in [0, 0.05) is 9.79 Å². The van der Waals surface area contributed by atoms with Crippen LogP contribution in [-0.2, 0) is 6.42 Å². The summed E-state index contributed by atoms with van der Waals surface area (Å²) in [5, 5.41) is 0. The Kier molecular flexibility index (Phi) is 3.62. The number of benzene rings is 2. The van der Waals surface area contributed by atoms with Crippen molar-refractivity contribution in [1.82, 2.24) is 0 Å². The molecule has 2 heteroatoms. The third-order valence-corrected chi connectivity index (χ3v) is 3.50. The van der Waals surface area contributed by atoms with E-state index in [0.717, 1.165) is 16.9 Å². The summed E-state index contributed by atoms with van der Waals surface area (Å²) in [4.78, 5) is 2.32. The van der Waals surface area contributed by atoms with Crippen LogP contribution in [0.2, 0.25) is 0 Å². The molecule has 0 bridgehead atoms. The summed E-state index contributed by atoms with van der Waals surface area (Å²) < 4.78 is 13.1. The van der Waals surface area contributed by atoms with E-state index in [2.05, 4.69) is 12.1 Å². The van der Waals surface area contributed by atoms with E-state index in [4.69, 9.17) is 0 Å². The summed E-state index contributed by atoms with van der Waals surface area (Å²) in [6.45, 7) is 2.05. The van der Waals surface area contributed by atoms with Crippen LogP contribution >= 0.6 is 11.8 Å². The summed E-state index contributed by atoms with van der Waals surface area (Å²) in [7, 11) is 0. The van der Waals surface area contributed by atoms with Gasteiger partial charge in [-0.15, -0.1) is 0 Å². The molecular weight excluding hydrogens is 219 g/mol. The Hall–Kier alpha value is -1.28. The van der Waals surface area contributed by atoms with Gasteiger partial charge in [-0.05, 0) is 42.3 Å². The summed E-state index contributed by atoms with van der Waals surface area (Å²) in [5.74, 6) is -0.158. The van der Waals surface area contributed by atoms with Crippen molar-refractivity contribution in [3.05, 3.63) is 59.9 Å². The maximum absolute atomic E-state index is 13.1. The van der Waals surface area contributed by atoms with Crippen LogP contribution < -0.4 is 0 Å². The molecule has 0 saturated carbocycles. The second kappa shape index (κ2) is 5.17. The normalized spacial score (nSPS) is 10.4. The third kappa shape index (κ3) is 2.64. The topological polar surface area (TPSA) is 0 Å². The molecule has 0 aromatic heterocycles. The Morgan fingerprint density at radius 1 is 1.06 bits per heavy atom. The van der Waals surface area contributed by atoms with E-state index in [9.17, 15) is 4.39 Å². The SMILES string of the molecule is CCc1cc(F)ccc1Sc1ccccc1. The van der Waals surface area contributed by atoms with Gasteiger partial charge >= 0.3 is 0 Å². The number of halogens is 1. The zero-order chi connectivity index (χ0) is 11.4. The van der Waals surface area contributed by atoms with Crippen LogP contribution in [0.4, 0.5) is 4.39 Å². The van der Waals surface area contributed by atoms with Crippen molar-refractivity contribution in [3.63, 3.8) is 0 Å². The van der Waals surface area contributed by atoms with E-state index >= 15 is 0 Å². The molecule has 0 unspecified atom stereocenters. The van der Waals surface area contributed by atoms with Crippen LogP contribution in [0.25, 0.3) is 0 Å².